The lowest BCUT2D eigenvalue weighted by Gasteiger charge is -2.34. The Hall–Kier alpha value is -0.800. The average molecular weight is 362 g/mol. The van der Waals surface area contributed by atoms with Gasteiger partial charge in [0.2, 0.25) is 0 Å². The molecule has 0 unspecified atom stereocenters. The monoisotopic (exact) mass is 361 g/mol. The summed E-state index contributed by atoms with van der Waals surface area (Å²) in [5.41, 5.74) is 0. The van der Waals surface area contributed by atoms with Gasteiger partial charge in [0.15, 0.2) is 0 Å². The van der Waals surface area contributed by atoms with Crippen LogP contribution in [0.15, 0.2) is 0 Å². The highest BCUT2D eigenvalue weighted by atomic mass is 35.5. The Kier molecular flexibility index (Phi) is 5.26. The summed E-state index contributed by atoms with van der Waals surface area (Å²) in [6.07, 6.45) is 2.21. The van der Waals surface area contributed by atoms with Gasteiger partial charge in [-0.3, -0.25) is 4.79 Å². The highest BCUT2D eigenvalue weighted by molar-refractivity contribution is 6.22. The van der Waals surface area contributed by atoms with E-state index in [1.54, 1.807) is 0 Å². The molecule has 1 N–H and O–H groups in total. The zero-order valence-corrected chi connectivity index (χ0v) is 11.7. The topological polar surface area (TPSA) is 29.1 Å². The number of carbonyl (C=O) groups excluding carboxylic acids is 1. The molecule has 0 spiro atoms. The second kappa shape index (κ2) is 6.01. The first-order valence-corrected chi connectivity index (χ1v) is 6.64. The number of carbonyl (C=O) groups is 1. The lowest BCUT2D eigenvalue weighted by Crippen LogP contribution is -2.65. The van der Waals surface area contributed by atoms with E-state index in [-0.39, 0.29) is 12.8 Å². The first-order valence-electron chi connectivity index (χ1n) is 6.26. The standard InChI is InChI=1S/C11H12ClF8NO/c12-11(19,20)10(17,18)9(15,16)8(13,14)7(22)21-6-4-2-1-3-5-6/h6H,1-5H2,(H,21,22). The van der Waals surface area contributed by atoms with Gasteiger partial charge in [0.05, 0.1) is 0 Å². The summed E-state index contributed by atoms with van der Waals surface area (Å²) in [6.45, 7) is 0. The van der Waals surface area contributed by atoms with Crippen molar-refractivity contribution >= 4 is 17.5 Å². The van der Waals surface area contributed by atoms with Crippen LogP contribution in [0.4, 0.5) is 35.1 Å². The van der Waals surface area contributed by atoms with Crippen LogP contribution in [0, 0.1) is 0 Å². The Bertz CT molecular complexity index is 417. The smallest absolute Gasteiger partial charge is 0.348 e. The molecule has 1 saturated carbocycles. The third-order valence-electron chi connectivity index (χ3n) is 3.37. The van der Waals surface area contributed by atoms with E-state index in [1.807, 2.05) is 0 Å². The Morgan fingerprint density at radius 3 is 1.73 bits per heavy atom. The SMILES string of the molecule is O=C(NC1CCCCC1)C(F)(F)C(F)(F)C(F)(F)C(F)(F)Cl. The van der Waals surface area contributed by atoms with Gasteiger partial charge >= 0.3 is 23.1 Å². The molecule has 0 aromatic rings. The van der Waals surface area contributed by atoms with Gasteiger partial charge in [-0.1, -0.05) is 19.3 Å². The second-order valence-corrected chi connectivity index (χ2v) is 5.50. The van der Waals surface area contributed by atoms with Crippen molar-refractivity contribution < 1.29 is 39.9 Å². The van der Waals surface area contributed by atoms with Crippen molar-refractivity contribution in [2.24, 2.45) is 0 Å². The van der Waals surface area contributed by atoms with Gasteiger partial charge in [-0.2, -0.15) is 35.1 Å². The van der Waals surface area contributed by atoms with Gasteiger partial charge < -0.3 is 5.32 Å². The number of rotatable bonds is 5. The molecular formula is C11H12ClF8NO. The third-order valence-corrected chi connectivity index (χ3v) is 3.61. The maximum Gasteiger partial charge on any atom is 0.393 e. The van der Waals surface area contributed by atoms with Crippen LogP contribution in [-0.2, 0) is 4.79 Å². The normalized spacial score (nSPS) is 19.1. The van der Waals surface area contributed by atoms with E-state index >= 15 is 0 Å². The minimum Gasteiger partial charge on any atom is -0.348 e. The van der Waals surface area contributed by atoms with Crippen LogP contribution in [0.1, 0.15) is 32.1 Å². The predicted molar refractivity (Wildman–Crippen MR) is 60.7 cm³/mol. The van der Waals surface area contributed by atoms with E-state index in [0.717, 1.165) is 6.42 Å². The summed E-state index contributed by atoms with van der Waals surface area (Å²) >= 11 is 3.78. The fourth-order valence-corrected chi connectivity index (χ4v) is 2.16. The fourth-order valence-electron chi connectivity index (χ4n) is 2.04. The summed E-state index contributed by atoms with van der Waals surface area (Å²) in [7, 11) is 0. The largest absolute Gasteiger partial charge is 0.393 e. The van der Waals surface area contributed by atoms with Crippen molar-refractivity contribution in [1.82, 2.24) is 5.32 Å². The molecule has 1 aliphatic carbocycles. The van der Waals surface area contributed by atoms with Crippen molar-refractivity contribution in [3.63, 3.8) is 0 Å². The highest BCUT2D eigenvalue weighted by Crippen LogP contribution is 2.54. The molecule has 22 heavy (non-hydrogen) atoms. The number of alkyl halides is 9. The maximum absolute atomic E-state index is 13.3. The van der Waals surface area contributed by atoms with E-state index in [4.69, 9.17) is 0 Å². The van der Waals surface area contributed by atoms with Crippen LogP contribution in [0.2, 0.25) is 0 Å². The Labute approximate surface area is 125 Å². The van der Waals surface area contributed by atoms with E-state index in [0.29, 0.717) is 12.8 Å². The van der Waals surface area contributed by atoms with Crippen LogP contribution >= 0.6 is 11.6 Å². The summed E-state index contributed by atoms with van der Waals surface area (Å²) in [6, 6.07) is -0.895. The first kappa shape index (κ1) is 19.2. The third kappa shape index (κ3) is 3.26. The molecular weight excluding hydrogens is 350 g/mol. The van der Waals surface area contributed by atoms with Crippen molar-refractivity contribution in [3.8, 4) is 0 Å². The number of hydrogen-bond acceptors (Lipinski definition) is 1. The lowest BCUT2D eigenvalue weighted by atomic mass is 9.94. The molecule has 0 atom stereocenters. The number of halogens is 9. The van der Waals surface area contributed by atoms with Crippen molar-refractivity contribution in [3.05, 3.63) is 0 Å². The van der Waals surface area contributed by atoms with Crippen LogP contribution < -0.4 is 5.32 Å². The summed E-state index contributed by atoms with van der Waals surface area (Å²) in [5, 5.41) is -4.45. The average Bonchev–Trinajstić information content (AvgIpc) is 2.38. The molecule has 2 nitrogen and oxygen atoms in total. The zero-order valence-electron chi connectivity index (χ0n) is 10.9. The summed E-state index contributed by atoms with van der Waals surface area (Å²) < 4.78 is 103. The fraction of sp³-hybridized carbons (Fsp3) is 0.909. The molecule has 1 aliphatic rings. The minimum absolute atomic E-state index is 0.204. The zero-order chi connectivity index (χ0) is 17.4. The van der Waals surface area contributed by atoms with E-state index < -0.39 is 35.1 Å². The molecule has 1 fully saturated rings. The summed E-state index contributed by atoms with van der Waals surface area (Å²) in [5.74, 6) is -22.1. The van der Waals surface area contributed by atoms with Gasteiger partial charge in [-0.25, -0.2) is 0 Å². The number of amides is 1. The van der Waals surface area contributed by atoms with Gasteiger partial charge in [-0.15, -0.1) is 0 Å². The predicted octanol–water partition coefficient (Wildman–Crippen LogP) is 4.17. The van der Waals surface area contributed by atoms with Crippen LogP contribution in [-0.4, -0.2) is 35.1 Å². The van der Waals surface area contributed by atoms with Gasteiger partial charge in [0.25, 0.3) is 5.91 Å². The maximum atomic E-state index is 13.3. The second-order valence-electron chi connectivity index (χ2n) is 5.03. The molecule has 1 rings (SSSR count). The van der Waals surface area contributed by atoms with E-state index in [9.17, 15) is 39.9 Å². The van der Waals surface area contributed by atoms with Gasteiger partial charge in [0, 0.05) is 6.04 Å². The lowest BCUT2D eigenvalue weighted by molar-refractivity contribution is -0.337. The highest BCUT2D eigenvalue weighted by Gasteiger charge is 2.82. The molecule has 11 heteroatoms. The van der Waals surface area contributed by atoms with Crippen LogP contribution in [0.5, 0.6) is 0 Å². The quantitative estimate of drug-likeness (QED) is 0.578. The number of nitrogens with one attached hydrogen (secondary N) is 1. The first-order chi connectivity index (χ1) is 9.75. The van der Waals surface area contributed by atoms with Gasteiger partial charge in [-0.05, 0) is 24.4 Å². The number of hydrogen-bond donors (Lipinski definition) is 1. The van der Waals surface area contributed by atoms with E-state index in [1.165, 1.54) is 5.32 Å². The van der Waals surface area contributed by atoms with Crippen LogP contribution in [0.25, 0.3) is 0 Å². The molecule has 0 aromatic heterocycles. The molecule has 0 aliphatic heterocycles. The molecule has 0 heterocycles. The molecule has 0 radical (unpaired) electrons. The molecule has 0 bridgehead atoms. The van der Waals surface area contributed by atoms with Gasteiger partial charge in [0.1, 0.15) is 0 Å². The van der Waals surface area contributed by atoms with Crippen molar-refractivity contribution in [1.29, 1.82) is 0 Å². The molecule has 0 aromatic carbocycles. The summed E-state index contributed by atoms with van der Waals surface area (Å²) in [4.78, 5) is 11.2. The Morgan fingerprint density at radius 1 is 0.864 bits per heavy atom. The Morgan fingerprint density at radius 2 is 1.32 bits per heavy atom. The molecule has 130 valence electrons. The Balaban J connectivity index is 2.97. The van der Waals surface area contributed by atoms with Crippen LogP contribution in [0.3, 0.4) is 0 Å². The minimum atomic E-state index is -6.66. The van der Waals surface area contributed by atoms with E-state index in [2.05, 4.69) is 11.6 Å². The molecule has 0 saturated heterocycles. The van der Waals surface area contributed by atoms with Crippen molar-refractivity contribution in [2.75, 3.05) is 0 Å². The van der Waals surface area contributed by atoms with Crippen molar-refractivity contribution in [2.45, 2.75) is 61.3 Å². The molecule has 1 amide bonds.